The van der Waals surface area contributed by atoms with Gasteiger partial charge >= 0.3 is 0 Å². The highest BCUT2D eigenvalue weighted by Crippen LogP contribution is 2.25. The number of methoxy groups -OCH3 is 1. The number of benzene rings is 2. The van der Waals surface area contributed by atoms with E-state index in [-0.39, 0.29) is 11.4 Å². The van der Waals surface area contributed by atoms with Gasteiger partial charge in [-0.1, -0.05) is 28.1 Å². The number of ether oxygens (including phenoxy) is 1. The minimum absolute atomic E-state index is 0.0709. The lowest BCUT2D eigenvalue weighted by atomic mass is 10.0. The van der Waals surface area contributed by atoms with Crippen molar-refractivity contribution in [1.82, 2.24) is 0 Å². The molecule has 0 radical (unpaired) electrons. The highest BCUT2D eigenvalue weighted by Gasteiger charge is 2.16. The van der Waals surface area contributed by atoms with Gasteiger partial charge in [0.05, 0.1) is 7.11 Å². The van der Waals surface area contributed by atoms with Crippen LogP contribution in [0.4, 0.5) is 5.69 Å². The highest BCUT2D eigenvalue weighted by atomic mass is 79.9. The number of anilines is 1. The zero-order chi connectivity index (χ0) is 17.7. The normalized spacial score (nSPS) is 10.9. The van der Waals surface area contributed by atoms with Crippen LogP contribution in [0, 0.1) is 11.3 Å². The van der Waals surface area contributed by atoms with E-state index in [1.807, 2.05) is 49.3 Å². The van der Waals surface area contributed by atoms with Gasteiger partial charge in [0.2, 0.25) is 5.78 Å². The van der Waals surface area contributed by atoms with Crippen LogP contribution in [0.2, 0.25) is 0 Å². The second-order valence-corrected chi connectivity index (χ2v) is 6.19. The Morgan fingerprint density at radius 1 is 1.21 bits per heavy atom. The van der Waals surface area contributed by atoms with Crippen LogP contribution in [0.1, 0.15) is 15.9 Å². The van der Waals surface area contributed by atoms with E-state index in [0.29, 0.717) is 15.8 Å². The molecule has 122 valence electrons. The minimum atomic E-state index is -0.347. The highest BCUT2D eigenvalue weighted by molar-refractivity contribution is 9.10. The zero-order valence-corrected chi connectivity index (χ0v) is 15.3. The Balaban J connectivity index is 2.37. The first-order valence-corrected chi connectivity index (χ1v) is 8.03. The Kier molecular flexibility index (Phi) is 5.78. The first kappa shape index (κ1) is 17.8. The summed E-state index contributed by atoms with van der Waals surface area (Å²) in [5.41, 5.74) is 2.31. The number of nitrogens with zero attached hydrogens (tertiary/aromatic N) is 2. The Labute approximate surface area is 150 Å². The number of rotatable bonds is 5. The molecule has 0 saturated carbocycles. The first-order chi connectivity index (χ1) is 11.5. The lowest BCUT2D eigenvalue weighted by Crippen LogP contribution is -2.08. The standard InChI is InChI=1S/C19H17BrN2O2/c1-22(2)15-6-4-13(5-7-15)10-14(12-21)19(23)17-11-16(24-3)8-9-18(17)20/h4-11H,1-3H3. The van der Waals surface area contributed by atoms with Crippen LogP contribution in [-0.4, -0.2) is 27.0 Å². The van der Waals surface area contributed by atoms with Crippen LogP contribution in [0.25, 0.3) is 6.08 Å². The Bertz CT molecular complexity index is 818. The van der Waals surface area contributed by atoms with Crippen LogP contribution < -0.4 is 9.64 Å². The van der Waals surface area contributed by atoms with E-state index in [9.17, 15) is 10.1 Å². The van der Waals surface area contributed by atoms with Gasteiger partial charge in [0.15, 0.2) is 0 Å². The minimum Gasteiger partial charge on any atom is -0.497 e. The van der Waals surface area contributed by atoms with Crippen molar-refractivity contribution in [3.8, 4) is 11.8 Å². The third-order valence-corrected chi connectivity index (χ3v) is 4.20. The number of carbonyl (C=O) groups excluding carboxylic acids is 1. The number of nitriles is 1. The number of Topliss-reactive ketones (excluding diaryl/α,β-unsaturated/α-hetero) is 1. The molecule has 0 aliphatic heterocycles. The summed E-state index contributed by atoms with van der Waals surface area (Å²) in [6.07, 6.45) is 1.59. The van der Waals surface area contributed by atoms with Crippen molar-refractivity contribution in [3.05, 3.63) is 63.6 Å². The van der Waals surface area contributed by atoms with E-state index in [1.54, 1.807) is 24.3 Å². The van der Waals surface area contributed by atoms with Crippen LogP contribution >= 0.6 is 15.9 Å². The van der Waals surface area contributed by atoms with E-state index in [1.165, 1.54) is 7.11 Å². The molecule has 0 fully saturated rings. The van der Waals surface area contributed by atoms with Crippen molar-refractivity contribution in [1.29, 1.82) is 5.26 Å². The monoisotopic (exact) mass is 384 g/mol. The summed E-state index contributed by atoms with van der Waals surface area (Å²) in [7, 11) is 5.44. The SMILES string of the molecule is COc1ccc(Br)c(C(=O)C(C#N)=Cc2ccc(N(C)C)cc2)c1. The van der Waals surface area contributed by atoms with Crippen molar-refractivity contribution < 1.29 is 9.53 Å². The van der Waals surface area contributed by atoms with Crippen LogP contribution in [0.15, 0.2) is 52.5 Å². The predicted octanol–water partition coefficient (Wildman–Crippen LogP) is 4.31. The second-order valence-electron chi connectivity index (χ2n) is 5.33. The second kappa shape index (κ2) is 7.80. The fourth-order valence-corrected chi connectivity index (χ4v) is 2.56. The number of ketones is 1. The van der Waals surface area contributed by atoms with Gasteiger partial charge < -0.3 is 9.64 Å². The van der Waals surface area contributed by atoms with Crippen molar-refractivity contribution in [2.45, 2.75) is 0 Å². The molecule has 0 N–H and O–H groups in total. The predicted molar refractivity (Wildman–Crippen MR) is 99.4 cm³/mol. The van der Waals surface area contributed by atoms with E-state index >= 15 is 0 Å². The molecule has 0 aliphatic carbocycles. The molecule has 0 heterocycles. The lowest BCUT2D eigenvalue weighted by Gasteiger charge is -2.12. The maximum atomic E-state index is 12.7. The molecular weight excluding hydrogens is 368 g/mol. The maximum Gasteiger partial charge on any atom is 0.204 e. The Hall–Kier alpha value is -2.58. The maximum absolute atomic E-state index is 12.7. The number of halogens is 1. The summed E-state index contributed by atoms with van der Waals surface area (Å²) in [5, 5.41) is 9.39. The fourth-order valence-electron chi connectivity index (χ4n) is 2.13. The summed E-state index contributed by atoms with van der Waals surface area (Å²) < 4.78 is 5.77. The fraction of sp³-hybridized carbons (Fsp3) is 0.158. The summed E-state index contributed by atoms with van der Waals surface area (Å²) in [4.78, 5) is 14.6. The summed E-state index contributed by atoms with van der Waals surface area (Å²) >= 11 is 3.35. The molecule has 0 saturated heterocycles. The molecule has 0 spiro atoms. The quantitative estimate of drug-likeness (QED) is 0.437. The van der Waals surface area contributed by atoms with Gasteiger partial charge in [-0.3, -0.25) is 4.79 Å². The molecule has 2 aromatic carbocycles. The molecule has 0 aromatic heterocycles. The van der Waals surface area contributed by atoms with E-state index in [4.69, 9.17) is 4.74 Å². The molecule has 0 bridgehead atoms. The van der Waals surface area contributed by atoms with Gasteiger partial charge in [-0.25, -0.2) is 0 Å². The van der Waals surface area contributed by atoms with Crippen LogP contribution in [0.5, 0.6) is 5.75 Å². The van der Waals surface area contributed by atoms with Crippen molar-refractivity contribution in [3.63, 3.8) is 0 Å². The molecule has 0 aliphatic rings. The Morgan fingerprint density at radius 2 is 1.88 bits per heavy atom. The van der Waals surface area contributed by atoms with E-state index in [0.717, 1.165) is 11.3 Å². The van der Waals surface area contributed by atoms with Gasteiger partial charge in [-0.2, -0.15) is 5.26 Å². The number of hydrogen-bond acceptors (Lipinski definition) is 4. The van der Waals surface area contributed by atoms with Crippen molar-refractivity contribution in [2.24, 2.45) is 0 Å². The van der Waals surface area contributed by atoms with Gasteiger partial charge in [-0.15, -0.1) is 0 Å². The van der Waals surface area contributed by atoms with Crippen LogP contribution in [0.3, 0.4) is 0 Å². The largest absolute Gasteiger partial charge is 0.497 e. The molecule has 0 unspecified atom stereocenters. The summed E-state index contributed by atoms with van der Waals surface area (Å²) in [6.45, 7) is 0. The smallest absolute Gasteiger partial charge is 0.204 e. The van der Waals surface area contributed by atoms with Gasteiger partial charge in [-0.05, 0) is 42.0 Å². The third kappa shape index (κ3) is 4.03. The average Bonchev–Trinajstić information content (AvgIpc) is 2.60. The molecule has 5 heteroatoms. The number of allylic oxidation sites excluding steroid dienone is 1. The zero-order valence-electron chi connectivity index (χ0n) is 13.7. The van der Waals surface area contributed by atoms with Crippen molar-refractivity contribution >= 4 is 33.5 Å². The van der Waals surface area contributed by atoms with E-state index in [2.05, 4.69) is 15.9 Å². The molecular formula is C19H17BrN2O2. The average molecular weight is 385 g/mol. The molecule has 24 heavy (non-hydrogen) atoms. The van der Waals surface area contributed by atoms with Gasteiger partial charge in [0, 0.05) is 29.8 Å². The first-order valence-electron chi connectivity index (χ1n) is 7.23. The van der Waals surface area contributed by atoms with Gasteiger partial charge in [0.25, 0.3) is 0 Å². The summed E-state index contributed by atoms with van der Waals surface area (Å²) in [6, 6.07) is 14.7. The number of carbonyl (C=O) groups is 1. The lowest BCUT2D eigenvalue weighted by molar-refractivity contribution is 0.103. The summed E-state index contributed by atoms with van der Waals surface area (Å²) in [5.74, 6) is 0.217. The molecule has 2 aromatic rings. The number of hydrogen-bond donors (Lipinski definition) is 0. The molecule has 2 rings (SSSR count). The molecule has 0 amide bonds. The van der Waals surface area contributed by atoms with Crippen LogP contribution in [-0.2, 0) is 0 Å². The molecule has 0 atom stereocenters. The van der Waals surface area contributed by atoms with Crippen molar-refractivity contribution in [2.75, 3.05) is 26.1 Å². The van der Waals surface area contributed by atoms with Gasteiger partial charge in [0.1, 0.15) is 17.4 Å². The third-order valence-electron chi connectivity index (χ3n) is 3.50. The topological polar surface area (TPSA) is 53.3 Å². The van der Waals surface area contributed by atoms with E-state index < -0.39 is 0 Å². The molecule has 4 nitrogen and oxygen atoms in total. The Morgan fingerprint density at radius 3 is 2.42 bits per heavy atom.